The zero-order chi connectivity index (χ0) is 16.8. The Kier molecular flexibility index (Phi) is 11.8. The van der Waals surface area contributed by atoms with Crippen molar-refractivity contribution in [1.29, 1.82) is 0 Å². The minimum atomic E-state index is 0.174. The van der Waals surface area contributed by atoms with Crippen molar-refractivity contribution in [2.24, 2.45) is 7.05 Å². The predicted molar refractivity (Wildman–Crippen MR) is 99.9 cm³/mol. The molecule has 1 amide bonds. The molecule has 1 aromatic heterocycles. The first-order valence-corrected chi connectivity index (χ1v) is 9.70. The molecule has 0 aliphatic carbocycles. The molecule has 1 rings (SSSR count). The first kappa shape index (κ1) is 20.1. The van der Waals surface area contributed by atoms with Crippen LogP contribution < -0.4 is 5.32 Å². The van der Waals surface area contributed by atoms with Crippen LogP contribution in [0.3, 0.4) is 0 Å². The summed E-state index contributed by atoms with van der Waals surface area (Å²) in [6, 6.07) is 0. The van der Waals surface area contributed by atoms with Gasteiger partial charge in [-0.1, -0.05) is 44.9 Å². The molecule has 4 nitrogen and oxygen atoms in total. The molecule has 0 saturated carbocycles. The van der Waals surface area contributed by atoms with Gasteiger partial charge in [0.2, 0.25) is 5.91 Å². The van der Waals surface area contributed by atoms with E-state index in [1.54, 1.807) is 6.33 Å². The van der Waals surface area contributed by atoms with Gasteiger partial charge in [-0.25, -0.2) is 4.98 Å². The topological polar surface area (TPSA) is 46.9 Å². The van der Waals surface area contributed by atoms with Crippen LogP contribution in [0.25, 0.3) is 0 Å². The Morgan fingerprint density at radius 3 is 2.26 bits per heavy atom. The van der Waals surface area contributed by atoms with E-state index >= 15 is 0 Å². The van der Waals surface area contributed by atoms with Crippen molar-refractivity contribution in [2.75, 3.05) is 12.3 Å². The lowest BCUT2D eigenvalue weighted by molar-refractivity contribution is -0.121. The van der Waals surface area contributed by atoms with Gasteiger partial charge in [0.15, 0.2) is 0 Å². The van der Waals surface area contributed by atoms with E-state index in [1.807, 2.05) is 17.8 Å². The molecule has 0 aliphatic heterocycles. The fraction of sp³-hybridized carbons (Fsp3) is 0.778. The van der Waals surface area contributed by atoms with E-state index in [4.69, 9.17) is 0 Å². The summed E-state index contributed by atoms with van der Waals surface area (Å²) in [7, 11) is 1.96. The van der Waals surface area contributed by atoms with Crippen molar-refractivity contribution in [3.05, 3.63) is 18.2 Å². The van der Waals surface area contributed by atoms with Gasteiger partial charge in [0.1, 0.15) is 0 Å². The van der Waals surface area contributed by atoms with Crippen LogP contribution in [0.15, 0.2) is 12.5 Å². The summed E-state index contributed by atoms with van der Waals surface area (Å²) in [5, 5.41) is 2.98. The molecule has 0 spiro atoms. The predicted octanol–water partition coefficient (Wildman–Crippen LogP) is 3.91. The zero-order valence-electron chi connectivity index (χ0n) is 14.6. The number of carbonyl (C=O) groups is 1. The lowest BCUT2D eigenvalue weighted by Crippen LogP contribution is -2.25. The highest BCUT2D eigenvalue weighted by Crippen LogP contribution is 2.10. The number of imidazole rings is 1. The maximum atomic E-state index is 11.7. The summed E-state index contributed by atoms with van der Waals surface area (Å²) in [5.74, 6) is 1.19. The van der Waals surface area contributed by atoms with E-state index in [1.165, 1.54) is 51.4 Å². The third kappa shape index (κ3) is 11.2. The third-order valence-electron chi connectivity index (χ3n) is 4.02. The number of thiol groups is 1. The first-order chi connectivity index (χ1) is 11.2. The van der Waals surface area contributed by atoms with Gasteiger partial charge in [0.05, 0.1) is 12.0 Å². The minimum Gasteiger partial charge on any atom is -0.356 e. The highest BCUT2D eigenvalue weighted by molar-refractivity contribution is 7.80. The van der Waals surface area contributed by atoms with Gasteiger partial charge in [0.25, 0.3) is 0 Å². The van der Waals surface area contributed by atoms with Crippen LogP contribution in [0.2, 0.25) is 0 Å². The van der Waals surface area contributed by atoms with Crippen LogP contribution in [-0.2, 0) is 18.3 Å². The molecule has 0 aliphatic rings. The molecule has 0 unspecified atom stereocenters. The van der Waals surface area contributed by atoms with Crippen molar-refractivity contribution >= 4 is 18.5 Å². The summed E-state index contributed by atoms with van der Waals surface area (Å²) in [6.45, 7) is 0.683. The molecule has 132 valence electrons. The second kappa shape index (κ2) is 13.5. The maximum Gasteiger partial charge on any atom is 0.220 e. The second-order valence-electron chi connectivity index (χ2n) is 6.29. The number of carbonyl (C=O) groups excluding carboxylic acids is 1. The van der Waals surface area contributed by atoms with Gasteiger partial charge >= 0.3 is 0 Å². The van der Waals surface area contributed by atoms with E-state index < -0.39 is 0 Å². The number of aryl methyl sites for hydroxylation is 1. The van der Waals surface area contributed by atoms with Gasteiger partial charge in [-0.2, -0.15) is 12.6 Å². The Hall–Kier alpha value is -0.970. The Bertz CT molecular complexity index is 420. The highest BCUT2D eigenvalue weighted by atomic mass is 32.1. The Balaban J connectivity index is 1.84. The SMILES string of the molecule is Cn1cnc(CCNC(=O)CCCCCCCCCCCS)c1. The maximum absolute atomic E-state index is 11.7. The molecule has 23 heavy (non-hydrogen) atoms. The Morgan fingerprint density at radius 2 is 1.70 bits per heavy atom. The molecule has 0 bridgehead atoms. The quantitative estimate of drug-likeness (QED) is 0.399. The minimum absolute atomic E-state index is 0.174. The summed E-state index contributed by atoms with van der Waals surface area (Å²) in [5.41, 5.74) is 1.03. The normalized spacial score (nSPS) is 10.9. The third-order valence-corrected chi connectivity index (χ3v) is 4.34. The molecule has 0 atom stereocenters. The van der Waals surface area contributed by atoms with E-state index in [0.29, 0.717) is 13.0 Å². The first-order valence-electron chi connectivity index (χ1n) is 9.07. The van der Waals surface area contributed by atoms with Gasteiger partial charge in [0, 0.05) is 32.6 Å². The fourth-order valence-electron chi connectivity index (χ4n) is 2.65. The molecule has 5 heteroatoms. The monoisotopic (exact) mass is 339 g/mol. The average Bonchev–Trinajstić information content (AvgIpc) is 2.94. The van der Waals surface area contributed by atoms with Crippen molar-refractivity contribution < 1.29 is 4.79 Å². The molecule has 1 heterocycles. The van der Waals surface area contributed by atoms with Gasteiger partial charge in [-0.05, 0) is 18.6 Å². The van der Waals surface area contributed by atoms with Crippen LogP contribution in [0.4, 0.5) is 0 Å². The summed E-state index contributed by atoms with van der Waals surface area (Å²) in [4.78, 5) is 16.0. The van der Waals surface area contributed by atoms with Crippen LogP contribution in [0.1, 0.15) is 69.9 Å². The van der Waals surface area contributed by atoms with Gasteiger partial charge in [-0.15, -0.1) is 0 Å². The van der Waals surface area contributed by atoms with E-state index in [2.05, 4.69) is 22.9 Å². The molecule has 0 radical (unpaired) electrons. The van der Waals surface area contributed by atoms with E-state index in [0.717, 1.165) is 24.3 Å². The average molecular weight is 340 g/mol. The number of nitrogens with one attached hydrogen (secondary N) is 1. The number of aromatic nitrogens is 2. The largest absolute Gasteiger partial charge is 0.356 e. The number of hydrogen-bond donors (Lipinski definition) is 2. The van der Waals surface area contributed by atoms with Gasteiger partial charge < -0.3 is 9.88 Å². The van der Waals surface area contributed by atoms with Crippen molar-refractivity contribution in [1.82, 2.24) is 14.9 Å². The second-order valence-corrected chi connectivity index (χ2v) is 6.73. The number of rotatable bonds is 14. The van der Waals surface area contributed by atoms with E-state index in [9.17, 15) is 4.79 Å². The lowest BCUT2D eigenvalue weighted by Gasteiger charge is -2.04. The van der Waals surface area contributed by atoms with Crippen molar-refractivity contribution in [3.63, 3.8) is 0 Å². The van der Waals surface area contributed by atoms with Crippen LogP contribution in [-0.4, -0.2) is 27.8 Å². The Morgan fingerprint density at radius 1 is 1.09 bits per heavy atom. The molecular weight excluding hydrogens is 306 g/mol. The number of nitrogens with zero attached hydrogens (tertiary/aromatic N) is 2. The van der Waals surface area contributed by atoms with Crippen molar-refractivity contribution in [2.45, 2.75) is 70.6 Å². The van der Waals surface area contributed by atoms with E-state index in [-0.39, 0.29) is 5.91 Å². The molecule has 0 aromatic carbocycles. The van der Waals surface area contributed by atoms with Crippen LogP contribution >= 0.6 is 12.6 Å². The molecule has 0 saturated heterocycles. The highest BCUT2D eigenvalue weighted by Gasteiger charge is 2.02. The Labute approximate surface area is 146 Å². The molecular formula is C18H33N3OS. The van der Waals surface area contributed by atoms with Gasteiger partial charge in [-0.3, -0.25) is 4.79 Å². The number of hydrogen-bond acceptors (Lipinski definition) is 3. The molecule has 1 N–H and O–H groups in total. The number of unbranched alkanes of at least 4 members (excludes halogenated alkanes) is 8. The molecule has 0 fully saturated rings. The standard InChI is InChI=1S/C18H33N3OS/c1-21-15-17(20-16-21)12-13-19-18(22)11-9-7-5-3-2-4-6-8-10-14-23/h15-16,23H,2-14H2,1H3,(H,19,22). The summed E-state index contributed by atoms with van der Waals surface area (Å²) < 4.78 is 1.93. The zero-order valence-corrected chi connectivity index (χ0v) is 15.5. The fourth-order valence-corrected chi connectivity index (χ4v) is 2.87. The number of amides is 1. The lowest BCUT2D eigenvalue weighted by atomic mass is 10.1. The summed E-state index contributed by atoms with van der Waals surface area (Å²) >= 11 is 4.22. The van der Waals surface area contributed by atoms with Crippen LogP contribution in [0, 0.1) is 0 Å². The van der Waals surface area contributed by atoms with Crippen molar-refractivity contribution in [3.8, 4) is 0 Å². The smallest absolute Gasteiger partial charge is 0.220 e. The van der Waals surface area contributed by atoms with Crippen LogP contribution in [0.5, 0.6) is 0 Å². The summed E-state index contributed by atoms with van der Waals surface area (Å²) in [6.07, 6.45) is 16.6. The molecule has 1 aromatic rings.